The Morgan fingerprint density at radius 1 is 0.977 bits per heavy atom. The third-order valence-electron chi connectivity index (χ3n) is 7.26. The van der Waals surface area contributed by atoms with Crippen molar-refractivity contribution in [2.75, 3.05) is 31.9 Å². The number of nitrogens with zero attached hydrogens (tertiary/aromatic N) is 6. The Balaban J connectivity index is 0.000000329. The molecule has 3 heterocycles. The highest BCUT2D eigenvalue weighted by molar-refractivity contribution is 6.29. The van der Waals surface area contributed by atoms with Crippen LogP contribution in [0.25, 0.3) is 0 Å². The van der Waals surface area contributed by atoms with E-state index in [1.54, 1.807) is 42.5 Å². The summed E-state index contributed by atoms with van der Waals surface area (Å²) in [5.74, 6) is -0.0590. The number of carbonyl (C=O) groups is 3. The summed E-state index contributed by atoms with van der Waals surface area (Å²) in [6.45, 7) is 14.2. The zero-order chi connectivity index (χ0) is 33.2. The van der Waals surface area contributed by atoms with E-state index in [0.717, 1.165) is 50.2 Å². The van der Waals surface area contributed by atoms with Gasteiger partial charge >= 0.3 is 17.9 Å². The van der Waals surface area contributed by atoms with Gasteiger partial charge in [0.1, 0.15) is 11.0 Å². The van der Waals surface area contributed by atoms with Gasteiger partial charge in [0.15, 0.2) is 5.78 Å². The molecule has 3 rings (SSSR count). The molecule has 1 fully saturated rings. The molecule has 4 N–H and O–H groups in total. The Morgan fingerprint density at radius 3 is 2.07 bits per heavy atom. The number of rotatable bonds is 9. The average Bonchev–Trinajstić information content (AvgIpc) is 2.90. The molecule has 1 aliphatic heterocycles. The van der Waals surface area contributed by atoms with Crippen LogP contribution in [0.5, 0.6) is 0 Å². The van der Waals surface area contributed by atoms with Gasteiger partial charge in [0.2, 0.25) is 0 Å². The van der Waals surface area contributed by atoms with Crippen molar-refractivity contribution in [2.45, 2.75) is 90.9 Å². The third-order valence-corrected chi connectivity index (χ3v) is 7.49. The van der Waals surface area contributed by atoms with E-state index in [4.69, 9.17) is 22.4 Å². The number of nitrogens with two attached hydrogens (primary N) is 1. The van der Waals surface area contributed by atoms with Crippen LogP contribution in [0.2, 0.25) is 5.15 Å². The number of unbranched alkanes of at least 4 members (excludes halogenated alkanes) is 1. The topological polar surface area (TPSA) is 175 Å². The molecule has 13 nitrogen and oxygen atoms in total. The van der Waals surface area contributed by atoms with Crippen LogP contribution in [0.15, 0.2) is 35.4 Å². The van der Waals surface area contributed by atoms with Gasteiger partial charge in [0, 0.05) is 54.7 Å². The molecule has 44 heavy (non-hydrogen) atoms. The van der Waals surface area contributed by atoms with Gasteiger partial charge < -0.3 is 25.7 Å². The second-order valence-corrected chi connectivity index (χ2v) is 13.2. The van der Waals surface area contributed by atoms with Gasteiger partial charge in [-0.3, -0.25) is 14.3 Å². The highest BCUT2D eigenvalue weighted by Gasteiger charge is 2.35. The fraction of sp³-hybridized carbons (Fsp3) is 0.600. The maximum Gasteiger partial charge on any atom is 0.408 e. The minimum atomic E-state index is -1.13. The summed E-state index contributed by atoms with van der Waals surface area (Å²) in [6, 6.07) is 4.75. The van der Waals surface area contributed by atoms with Crippen molar-refractivity contribution in [3.05, 3.63) is 51.8 Å². The largest absolute Gasteiger partial charge is 0.465 e. The van der Waals surface area contributed by atoms with Crippen molar-refractivity contribution < 1.29 is 24.6 Å². The first-order valence-electron chi connectivity index (χ1n) is 14.6. The van der Waals surface area contributed by atoms with Crippen LogP contribution in [-0.2, 0) is 6.54 Å². The van der Waals surface area contributed by atoms with Crippen molar-refractivity contribution in [2.24, 2.45) is 0 Å². The molecule has 0 spiro atoms. The van der Waals surface area contributed by atoms with E-state index in [2.05, 4.69) is 14.9 Å². The van der Waals surface area contributed by atoms with Gasteiger partial charge in [-0.25, -0.2) is 19.4 Å². The summed E-state index contributed by atoms with van der Waals surface area (Å²) in [4.78, 5) is 58.9. The lowest BCUT2D eigenvalue weighted by molar-refractivity contribution is 0.0419. The van der Waals surface area contributed by atoms with E-state index in [9.17, 15) is 24.3 Å². The Hall–Kier alpha value is -3.71. The normalized spacial score (nSPS) is 14.3. The molecular formula is C30H46ClN7O6. The molecule has 0 bridgehead atoms. The number of amides is 2. The van der Waals surface area contributed by atoms with Crippen LogP contribution in [0.4, 0.5) is 15.4 Å². The molecule has 0 atom stereocenters. The van der Waals surface area contributed by atoms with Gasteiger partial charge in [0.05, 0.1) is 6.54 Å². The number of ketones is 1. The molecule has 0 aliphatic carbocycles. The maximum absolute atomic E-state index is 11.9. The second kappa shape index (κ2) is 15.8. The van der Waals surface area contributed by atoms with Crippen molar-refractivity contribution >= 4 is 35.4 Å². The van der Waals surface area contributed by atoms with Crippen LogP contribution >= 0.6 is 11.6 Å². The molecule has 244 valence electrons. The van der Waals surface area contributed by atoms with Gasteiger partial charge in [0.25, 0.3) is 0 Å². The zero-order valence-electron chi connectivity index (χ0n) is 26.5. The van der Waals surface area contributed by atoms with Crippen LogP contribution in [0.1, 0.15) is 77.6 Å². The fourth-order valence-corrected chi connectivity index (χ4v) is 5.10. The minimum absolute atomic E-state index is 0.0863. The molecule has 2 aromatic heterocycles. The molecule has 14 heteroatoms. The first-order chi connectivity index (χ1) is 20.4. The summed E-state index contributed by atoms with van der Waals surface area (Å²) in [5, 5.41) is 18.9. The predicted octanol–water partition coefficient (Wildman–Crippen LogP) is 4.54. The van der Waals surface area contributed by atoms with Gasteiger partial charge in [-0.2, -0.15) is 4.98 Å². The SMILES string of the molecule is CC(C)(C)N(C(=O)O)C1CCN(CCCCn2ccc(N)nc2=O)CC1.CC(C)(C)N(CC(=O)c1ccc(Cl)nc1)C(=O)O. The molecule has 2 amide bonds. The number of hydrogen-bond donors (Lipinski definition) is 3. The number of pyridine rings is 1. The van der Waals surface area contributed by atoms with Gasteiger partial charge in [-0.1, -0.05) is 11.6 Å². The number of carbonyl (C=O) groups excluding carboxylic acids is 1. The lowest BCUT2D eigenvalue weighted by Crippen LogP contribution is -2.54. The summed E-state index contributed by atoms with van der Waals surface area (Å²) in [5.41, 5.74) is 4.51. The summed E-state index contributed by atoms with van der Waals surface area (Å²) in [6.07, 6.45) is 4.68. The molecule has 1 saturated heterocycles. The Morgan fingerprint density at radius 2 is 1.59 bits per heavy atom. The number of likely N-dealkylation sites (tertiary alicyclic amines) is 1. The van der Waals surface area contributed by atoms with E-state index in [1.165, 1.54) is 18.3 Å². The summed E-state index contributed by atoms with van der Waals surface area (Å²) < 4.78 is 1.58. The molecule has 2 aromatic rings. The maximum atomic E-state index is 11.9. The summed E-state index contributed by atoms with van der Waals surface area (Å²) in [7, 11) is 0. The van der Waals surface area contributed by atoms with Gasteiger partial charge in [-0.05, 0) is 92.0 Å². The smallest absolute Gasteiger partial charge is 0.408 e. The standard InChI is InChI=1S/C18H31N5O3.C12H15ClN2O3/c1-18(2,3)23(17(25)26)14-6-11-21(12-7-14)9-4-5-10-22-13-8-15(19)20-16(22)24;1-12(2,3)15(11(17)18)7-9(16)8-4-5-10(13)14-6-8/h8,13-14H,4-7,9-12H2,1-3H3,(H,25,26)(H2,19,20,24);4-6H,7H2,1-3H3,(H,17,18). The Kier molecular flexibility index (Phi) is 13.1. The number of halogens is 1. The number of aryl methyl sites for hydroxylation is 1. The molecule has 0 unspecified atom stereocenters. The Bertz CT molecular complexity index is 1310. The van der Waals surface area contributed by atoms with E-state index in [1.807, 2.05) is 20.8 Å². The number of hydrogen-bond acceptors (Lipinski definition) is 8. The number of anilines is 1. The highest BCUT2D eigenvalue weighted by atomic mass is 35.5. The van der Waals surface area contributed by atoms with E-state index < -0.39 is 17.7 Å². The molecular weight excluding hydrogens is 590 g/mol. The lowest BCUT2D eigenvalue weighted by Gasteiger charge is -2.43. The van der Waals surface area contributed by atoms with E-state index >= 15 is 0 Å². The number of carboxylic acid groups (broad SMARTS) is 2. The zero-order valence-corrected chi connectivity index (χ0v) is 27.3. The van der Waals surface area contributed by atoms with E-state index in [-0.39, 0.29) is 40.6 Å². The van der Waals surface area contributed by atoms with Crippen LogP contribution in [0, 0.1) is 0 Å². The number of nitrogen functional groups attached to an aromatic ring is 1. The first kappa shape index (κ1) is 36.5. The van der Waals surface area contributed by atoms with E-state index in [0.29, 0.717) is 12.1 Å². The van der Waals surface area contributed by atoms with Crippen molar-refractivity contribution in [3.63, 3.8) is 0 Å². The third kappa shape index (κ3) is 11.4. The molecule has 1 aliphatic rings. The fourth-order valence-electron chi connectivity index (χ4n) is 4.99. The first-order valence-corrected chi connectivity index (χ1v) is 15.0. The molecule has 0 radical (unpaired) electrons. The molecule has 0 saturated carbocycles. The van der Waals surface area contributed by atoms with Crippen LogP contribution in [-0.4, -0.2) is 101 Å². The van der Waals surface area contributed by atoms with Crippen molar-refractivity contribution in [3.8, 4) is 0 Å². The second-order valence-electron chi connectivity index (χ2n) is 12.8. The number of piperidine rings is 1. The quantitative estimate of drug-likeness (QED) is 0.201. The van der Waals surface area contributed by atoms with Crippen molar-refractivity contribution in [1.82, 2.24) is 29.2 Å². The monoisotopic (exact) mass is 635 g/mol. The molecule has 0 aromatic carbocycles. The average molecular weight is 636 g/mol. The lowest BCUT2D eigenvalue weighted by atomic mass is 9.97. The van der Waals surface area contributed by atoms with Crippen molar-refractivity contribution in [1.29, 1.82) is 0 Å². The Labute approximate surface area is 263 Å². The highest BCUT2D eigenvalue weighted by Crippen LogP contribution is 2.25. The van der Waals surface area contributed by atoms with Crippen LogP contribution in [0.3, 0.4) is 0 Å². The number of Topliss-reactive ketones (excluding diaryl/α,β-unsaturated/α-hetero) is 1. The number of aromatic nitrogens is 3. The summed E-state index contributed by atoms with van der Waals surface area (Å²) >= 11 is 5.62. The predicted molar refractivity (Wildman–Crippen MR) is 169 cm³/mol. The van der Waals surface area contributed by atoms with Gasteiger partial charge in [-0.15, -0.1) is 0 Å². The van der Waals surface area contributed by atoms with Crippen LogP contribution < -0.4 is 11.4 Å². The minimum Gasteiger partial charge on any atom is -0.465 e.